The summed E-state index contributed by atoms with van der Waals surface area (Å²) in [5.74, 6) is -3.68. The van der Waals surface area contributed by atoms with Crippen LogP contribution < -0.4 is 5.32 Å². The number of alkyl halides is 2. The highest BCUT2D eigenvalue weighted by atomic mass is 32.2. The summed E-state index contributed by atoms with van der Waals surface area (Å²) >= 11 is 1.32. The molecular formula is C18H19F2N3O4S. The number of carboxylic acid groups (broad SMARTS) is 1. The van der Waals surface area contributed by atoms with E-state index in [1.165, 1.54) is 23.6 Å². The van der Waals surface area contributed by atoms with Gasteiger partial charge in [0.1, 0.15) is 5.70 Å². The molecule has 0 spiro atoms. The Hall–Kier alpha value is -2.49. The zero-order chi connectivity index (χ0) is 20.6. The number of rotatable bonds is 7. The zero-order valence-electron chi connectivity index (χ0n) is 15.1. The number of pyridine rings is 1. The first-order chi connectivity index (χ1) is 13.2. The minimum atomic E-state index is -3.17. The molecule has 0 aliphatic carbocycles. The molecule has 1 aromatic heterocycles. The fraction of sp³-hybridized carbons (Fsp3) is 0.444. The van der Waals surface area contributed by atoms with Gasteiger partial charge < -0.3 is 15.3 Å². The minimum Gasteiger partial charge on any atom is -0.477 e. The van der Waals surface area contributed by atoms with Crippen molar-refractivity contribution < 1.29 is 28.3 Å². The van der Waals surface area contributed by atoms with Crippen molar-refractivity contribution in [2.45, 2.75) is 38.1 Å². The molecule has 1 saturated heterocycles. The largest absolute Gasteiger partial charge is 0.477 e. The third-order valence-electron chi connectivity index (χ3n) is 5.02. The lowest BCUT2D eigenvalue weighted by Gasteiger charge is -2.47. The van der Waals surface area contributed by atoms with Crippen molar-refractivity contribution in [3.63, 3.8) is 0 Å². The second-order valence-corrected chi connectivity index (χ2v) is 7.80. The van der Waals surface area contributed by atoms with Gasteiger partial charge in [-0.2, -0.15) is 8.78 Å². The Kier molecular flexibility index (Phi) is 5.69. The van der Waals surface area contributed by atoms with Gasteiger partial charge in [-0.3, -0.25) is 14.6 Å². The summed E-state index contributed by atoms with van der Waals surface area (Å²) < 4.78 is 25.0. The number of amides is 2. The number of hydrogen-bond acceptors (Lipinski definition) is 5. The fourth-order valence-corrected chi connectivity index (χ4v) is 4.97. The molecule has 3 rings (SSSR count). The van der Waals surface area contributed by atoms with Gasteiger partial charge in [-0.05, 0) is 18.6 Å². The lowest BCUT2D eigenvalue weighted by atomic mass is 9.78. The number of halogens is 2. The van der Waals surface area contributed by atoms with Gasteiger partial charge in [-0.1, -0.05) is 13.0 Å². The Balaban J connectivity index is 1.79. The SMILES string of the molecule is CC(NC(=O)C(F)F)[C@H]1C(=O)N2C(C(=O)O)=C(SCc3cccnc3)[C@H](C)[C@H]12. The summed E-state index contributed by atoms with van der Waals surface area (Å²) in [6.45, 7) is 3.29. The molecule has 1 aromatic rings. The van der Waals surface area contributed by atoms with E-state index in [4.69, 9.17) is 0 Å². The molecule has 4 atom stereocenters. The van der Waals surface area contributed by atoms with E-state index in [1.807, 2.05) is 6.07 Å². The number of carbonyl (C=O) groups excluding carboxylic acids is 2. The third kappa shape index (κ3) is 3.48. The Labute approximate surface area is 164 Å². The molecule has 2 N–H and O–H groups in total. The van der Waals surface area contributed by atoms with Crippen molar-refractivity contribution in [1.82, 2.24) is 15.2 Å². The molecule has 2 aliphatic rings. The average molecular weight is 411 g/mol. The van der Waals surface area contributed by atoms with Gasteiger partial charge in [0.2, 0.25) is 5.91 Å². The van der Waals surface area contributed by atoms with Gasteiger partial charge in [0.15, 0.2) is 0 Å². The van der Waals surface area contributed by atoms with Crippen LogP contribution in [0.25, 0.3) is 0 Å². The lowest BCUT2D eigenvalue weighted by molar-refractivity contribution is -0.159. The van der Waals surface area contributed by atoms with Gasteiger partial charge in [0, 0.05) is 35.0 Å². The highest BCUT2D eigenvalue weighted by Gasteiger charge is 2.60. The first-order valence-corrected chi connectivity index (χ1v) is 9.63. The predicted molar refractivity (Wildman–Crippen MR) is 97.1 cm³/mol. The first kappa shape index (κ1) is 20.2. The molecule has 0 radical (unpaired) electrons. The summed E-state index contributed by atoms with van der Waals surface area (Å²) in [4.78, 5) is 41.5. The number of thioether (sulfide) groups is 1. The summed E-state index contributed by atoms with van der Waals surface area (Å²) in [6.07, 6.45) is 0.143. The number of aromatic nitrogens is 1. The van der Waals surface area contributed by atoms with Crippen molar-refractivity contribution in [2.75, 3.05) is 0 Å². The van der Waals surface area contributed by atoms with Gasteiger partial charge >= 0.3 is 12.4 Å². The van der Waals surface area contributed by atoms with E-state index in [1.54, 1.807) is 25.4 Å². The number of aliphatic carboxylic acids is 1. The molecular weight excluding hydrogens is 392 g/mol. The maximum absolute atomic E-state index is 12.6. The van der Waals surface area contributed by atoms with Crippen LogP contribution in [-0.2, 0) is 20.1 Å². The molecule has 0 aromatic carbocycles. The normalized spacial score (nSPS) is 24.8. The number of carbonyl (C=O) groups is 3. The van der Waals surface area contributed by atoms with Crippen LogP contribution in [-0.4, -0.2) is 51.3 Å². The van der Waals surface area contributed by atoms with Crippen LogP contribution in [0, 0.1) is 11.8 Å². The lowest BCUT2D eigenvalue weighted by Crippen LogP contribution is -2.66. The highest BCUT2D eigenvalue weighted by Crippen LogP contribution is 2.50. The summed E-state index contributed by atoms with van der Waals surface area (Å²) in [5, 5.41) is 11.8. The van der Waals surface area contributed by atoms with Crippen LogP contribution in [0.15, 0.2) is 35.1 Å². The Morgan fingerprint density at radius 1 is 1.43 bits per heavy atom. The standard InChI is InChI=1S/C18H19F2N3O4S/c1-8-12-11(9(2)22-16(24)15(19)20)17(25)23(12)13(18(26)27)14(8)28-7-10-4-3-5-21-6-10/h3-6,8-9,11-12,15H,7H2,1-2H3,(H,22,24)(H,26,27)/t8-,9?,11-,12-/m1/s1. The molecule has 7 nitrogen and oxygen atoms in total. The van der Waals surface area contributed by atoms with E-state index in [9.17, 15) is 28.3 Å². The Bertz CT molecular complexity index is 833. The molecule has 10 heteroatoms. The number of nitrogens with zero attached hydrogens (tertiary/aromatic N) is 2. The molecule has 0 saturated carbocycles. The average Bonchev–Trinajstić information content (AvgIpc) is 2.89. The van der Waals surface area contributed by atoms with Crippen molar-refractivity contribution in [1.29, 1.82) is 0 Å². The molecule has 2 amide bonds. The summed E-state index contributed by atoms with van der Waals surface area (Å²) in [5.41, 5.74) is 0.839. The van der Waals surface area contributed by atoms with Crippen LogP contribution in [0.3, 0.4) is 0 Å². The van der Waals surface area contributed by atoms with Crippen molar-refractivity contribution >= 4 is 29.5 Å². The maximum atomic E-state index is 12.6. The van der Waals surface area contributed by atoms with Crippen molar-refractivity contribution in [2.24, 2.45) is 11.8 Å². The van der Waals surface area contributed by atoms with Gasteiger partial charge in [0.25, 0.3) is 5.91 Å². The van der Waals surface area contributed by atoms with E-state index in [-0.39, 0.29) is 11.6 Å². The Morgan fingerprint density at radius 3 is 2.71 bits per heavy atom. The number of hydrogen-bond donors (Lipinski definition) is 2. The van der Waals surface area contributed by atoms with Crippen molar-refractivity contribution in [3.8, 4) is 0 Å². The second-order valence-electron chi connectivity index (χ2n) is 6.78. The van der Waals surface area contributed by atoms with Crippen LogP contribution >= 0.6 is 11.8 Å². The molecule has 1 unspecified atom stereocenters. The molecule has 2 aliphatic heterocycles. The number of nitrogens with one attached hydrogen (secondary N) is 1. The van der Waals surface area contributed by atoms with Crippen molar-refractivity contribution in [3.05, 3.63) is 40.7 Å². The quantitative estimate of drug-likeness (QED) is 0.665. The van der Waals surface area contributed by atoms with Gasteiger partial charge in [-0.25, -0.2) is 4.79 Å². The topological polar surface area (TPSA) is 99.6 Å². The van der Waals surface area contributed by atoms with E-state index < -0.39 is 42.2 Å². The molecule has 3 heterocycles. The van der Waals surface area contributed by atoms with Crippen LogP contribution in [0.1, 0.15) is 19.4 Å². The maximum Gasteiger partial charge on any atom is 0.353 e. The number of carboxylic acids is 1. The first-order valence-electron chi connectivity index (χ1n) is 8.64. The van der Waals surface area contributed by atoms with Crippen LogP contribution in [0.5, 0.6) is 0 Å². The molecule has 28 heavy (non-hydrogen) atoms. The van der Waals surface area contributed by atoms with Crippen LogP contribution in [0.2, 0.25) is 0 Å². The van der Waals surface area contributed by atoms with E-state index in [0.717, 1.165) is 5.56 Å². The van der Waals surface area contributed by atoms with E-state index in [2.05, 4.69) is 10.3 Å². The zero-order valence-corrected chi connectivity index (χ0v) is 16.0. The van der Waals surface area contributed by atoms with Gasteiger partial charge in [0.05, 0.1) is 12.0 Å². The number of β-lactam (4-membered cyclic amide) rings is 1. The Morgan fingerprint density at radius 2 is 2.14 bits per heavy atom. The van der Waals surface area contributed by atoms with Crippen LogP contribution in [0.4, 0.5) is 8.78 Å². The molecule has 1 fully saturated rings. The summed E-state index contributed by atoms with van der Waals surface area (Å²) in [6, 6.07) is 2.34. The second kappa shape index (κ2) is 7.86. The van der Waals surface area contributed by atoms with E-state index >= 15 is 0 Å². The monoisotopic (exact) mass is 411 g/mol. The fourth-order valence-electron chi connectivity index (χ4n) is 3.76. The minimum absolute atomic E-state index is 0.0694. The van der Waals surface area contributed by atoms with Gasteiger partial charge in [-0.15, -0.1) is 11.8 Å². The van der Waals surface area contributed by atoms with E-state index in [0.29, 0.717) is 10.7 Å². The predicted octanol–water partition coefficient (Wildman–Crippen LogP) is 1.86. The summed E-state index contributed by atoms with van der Waals surface area (Å²) in [7, 11) is 0. The number of fused-ring (bicyclic) bond motifs is 1. The molecule has 0 bridgehead atoms. The highest BCUT2D eigenvalue weighted by molar-refractivity contribution is 8.02. The smallest absolute Gasteiger partial charge is 0.353 e. The molecule has 150 valence electrons. The third-order valence-corrected chi connectivity index (χ3v) is 6.37.